The third-order valence-electron chi connectivity index (χ3n) is 5.02. The van der Waals surface area contributed by atoms with E-state index < -0.39 is 0 Å². The smallest absolute Gasteiger partial charge is 0.253 e. The third kappa shape index (κ3) is 5.12. The Hall–Kier alpha value is -2.82. The lowest BCUT2D eigenvalue weighted by atomic mass is 10.1. The molecule has 0 spiro atoms. The SMILES string of the molecule is CC(C)C(=O)Nc1ccc(N2CCCC2)c(C(=O)NCCc2ccccc2)c1. The molecular weight excluding hydrogens is 350 g/mol. The van der Waals surface area contributed by atoms with Crippen LogP contribution in [0.5, 0.6) is 0 Å². The van der Waals surface area contributed by atoms with E-state index in [1.165, 1.54) is 5.56 Å². The number of anilines is 2. The van der Waals surface area contributed by atoms with Crippen molar-refractivity contribution in [3.8, 4) is 0 Å². The van der Waals surface area contributed by atoms with Crippen LogP contribution in [-0.2, 0) is 11.2 Å². The molecule has 2 aromatic carbocycles. The Morgan fingerprint density at radius 3 is 2.43 bits per heavy atom. The fraction of sp³-hybridized carbons (Fsp3) is 0.391. The Labute approximate surface area is 167 Å². The molecule has 0 unspecified atom stereocenters. The van der Waals surface area contributed by atoms with Crippen LogP contribution in [0.2, 0.25) is 0 Å². The number of amides is 2. The summed E-state index contributed by atoms with van der Waals surface area (Å²) in [6, 6.07) is 15.7. The lowest BCUT2D eigenvalue weighted by Gasteiger charge is -2.22. The molecule has 3 rings (SSSR count). The van der Waals surface area contributed by atoms with Crippen LogP contribution in [0.15, 0.2) is 48.5 Å². The van der Waals surface area contributed by atoms with Gasteiger partial charge in [0.25, 0.3) is 5.91 Å². The van der Waals surface area contributed by atoms with E-state index in [2.05, 4.69) is 27.7 Å². The second kappa shape index (κ2) is 9.40. The average Bonchev–Trinajstić information content (AvgIpc) is 3.23. The quantitative estimate of drug-likeness (QED) is 0.768. The normalized spacial score (nSPS) is 13.6. The number of carbonyl (C=O) groups excluding carboxylic acids is 2. The zero-order chi connectivity index (χ0) is 19.9. The molecule has 0 aliphatic carbocycles. The molecule has 0 bridgehead atoms. The number of benzene rings is 2. The third-order valence-corrected chi connectivity index (χ3v) is 5.02. The number of carbonyl (C=O) groups is 2. The summed E-state index contributed by atoms with van der Waals surface area (Å²) in [5.74, 6) is -0.260. The van der Waals surface area contributed by atoms with Crippen molar-refractivity contribution in [1.82, 2.24) is 5.32 Å². The van der Waals surface area contributed by atoms with Gasteiger partial charge in [-0.05, 0) is 43.0 Å². The average molecular weight is 380 g/mol. The van der Waals surface area contributed by atoms with Crippen molar-refractivity contribution in [2.24, 2.45) is 5.92 Å². The van der Waals surface area contributed by atoms with Crippen LogP contribution in [0.4, 0.5) is 11.4 Å². The van der Waals surface area contributed by atoms with Gasteiger partial charge in [0.2, 0.25) is 5.91 Å². The molecule has 0 atom stereocenters. The van der Waals surface area contributed by atoms with E-state index in [0.717, 1.165) is 38.0 Å². The van der Waals surface area contributed by atoms with Crippen LogP contribution in [0.1, 0.15) is 42.6 Å². The second-order valence-electron chi connectivity index (χ2n) is 7.56. The fourth-order valence-electron chi connectivity index (χ4n) is 3.38. The molecule has 0 radical (unpaired) electrons. The summed E-state index contributed by atoms with van der Waals surface area (Å²) in [4.78, 5) is 27.2. The van der Waals surface area contributed by atoms with Crippen molar-refractivity contribution in [3.63, 3.8) is 0 Å². The maximum Gasteiger partial charge on any atom is 0.253 e. The minimum atomic E-state index is -0.110. The van der Waals surface area contributed by atoms with E-state index in [9.17, 15) is 9.59 Å². The molecule has 2 amide bonds. The van der Waals surface area contributed by atoms with Crippen molar-refractivity contribution in [1.29, 1.82) is 0 Å². The number of hydrogen-bond acceptors (Lipinski definition) is 3. The largest absolute Gasteiger partial charge is 0.371 e. The standard InChI is InChI=1S/C23H29N3O2/c1-17(2)22(27)25-19-10-11-21(26-14-6-7-15-26)20(16-19)23(28)24-13-12-18-8-4-3-5-9-18/h3-5,8-11,16-17H,6-7,12-15H2,1-2H3,(H,24,28)(H,25,27). The van der Waals surface area contributed by atoms with Crippen molar-refractivity contribution in [2.75, 3.05) is 29.9 Å². The Kier molecular flexibility index (Phi) is 6.69. The molecule has 1 saturated heterocycles. The van der Waals surface area contributed by atoms with Crippen molar-refractivity contribution >= 4 is 23.2 Å². The first-order valence-electron chi connectivity index (χ1n) is 10.1. The molecule has 2 N–H and O–H groups in total. The number of hydrogen-bond donors (Lipinski definition) is 2. The Morgan fingerprint density at radius 2 is 1.75 bits per heavy atom. The minimum absolute atomic E-state index is 0.0515. The van der Waals surface area contributed by atoms with Crippen LogP contribution in [0.3, 0.4) is 0 Å². The highest BCUT2D eigenvalue weighted by Gasteiger charge is 2.20. The molecule has 1 fully saturated rings. The summed E-state index contributed by atoms with van der Waals surface area (Å²) in [5.41, 5.74) is 3.42. The Bertz CT molecular complexity index is 812. The number of nitrogens with zero attached hydrogens (tertiary/aromatic N) is 1. The monoisotopic (exact) mass is 379 g/mol. The van der Waals surface area contributed by atoms with E-state index in [1.54, 1.807) is 6.07 Å². The zero-order valence-corrected chi connectivity index (χ0v) is 16.7. The number of rotatable bonds is 7. The summed E-state index contributed by atoms with van der Waals surface area (Å²) in [5, 5.41) is 5.94. The maximum atomic E-state index is 12.9. The molecule has 5 heteroatoms. The van der Waals surface area contributed by atoms with Gasteiger partial charge >= 0.3 is 0 Å². The van der Waals surface area contributed by atoms with Gasteiger partial charge in [0.05, 0.1) is 5.56 Å². The van der Waals surface area contributed by atoms with Gasteiger partial charge in [-0.15, -0.1) is 0 Å². The summed E-state index contributed by atoms with van der Waals surface area (Å²) in [7, 11) is 0. The molecule has 28 heavy (non-hydrogen) atoms. The lowest BCUT2D eigenvalue weighted by Crippen LogP contribution is -2.29. The first-order chi connectivity index (χ1) is 13.5. The topological polar surface area (TPSA) is 61.4 Å². The van der Waals surface area contributed by atoms with Crippen LogP contribution in [0, 0.1) is 5.92 Å². The molecule has 1 aliphatic heterocycles. The highest BCUT2D eigenvalue weighted by atomic mass is 16.2. The minimum Gasteiger partial charge on any atom is -0.371 e. The molecule has 5 nitrogen and oxygen atoms in total. The van der Waals surface area contributed by atoms with Gasteiger partial charge in [0.15, 0.2) is 0 Å². The van der Waals surface area contributed by atoms with E-state index in [4.69, 9.17) is 0 Å². The van der Waals surface area contributed by atoms with E-state index >= 15 is 0 Å². The van der Waals surface area contributed by atoms with E-state index in [1.807, 2.05) is 44.2 Å². The van der Waals surface area contributed by atoms with Crippen LogP contribution >= 0.6 is 0 Å². The highest BCUT2D eigenvalue weighted by molar-refractivity contribution is 6.02. The molecule has 0 aromatic heterocycles. The van der Waals surface area contributed by atoms with Gasteiger partial charge in [-0.2, -0.15) is 0 Å². The molecule has 1 heterocycles. The first-order valence-corrected chi connectivity index (χ1v) is 10.1. The summed E-state index contributed by atoms with van der Waals surface area (Å²) in [6.07, 6.45) is 3.07. The number of nitrogens with one attached hydrogen (secondary N) is 2. The van der Waals surface area contributed by atoms with Gasteiger partial charge in [-0.3, -0.25) is 9.59 Å². The predicted molar refractivity (Wildman–Crippen MR) is 114 cm³/mol. The first kappa shape index (κ1) is 19.9. The van der Waals surface area contributed by atoms with Crippen LogP contribution in [-0.4, -0.2) is 31.4 Å². The van der Waals surface area contributed by atoms with Gasteiger partial charge in [0, 0.05) is 36.9 Å². The van der Waals surface area contributed by atoms with E-state index in [-0.39, 0.29) is 17.7 Å². The lowest BCUT2D eigenvalue weighted by molar-refractivity contribution is -0.118. The van der Waals surface area contributed by atoms with Gasteiger partial charge in [-0.1, -0.05) is 44.2 Å². The predicted octanol–water partition coefficient (Wildman–Crippen LogP) is 3.85. The molecule has 148 valence electrons. The molecule has 2 aromatic rings. The van der Waals surface area contributed by atoms with Gasteiger partial charge < -0.3 is 15.5 Å². The van der Waals surface area contributed by atoms with Crippen molar-refractivity contribution in [2.45, 2.75) is 33.1 Å². The molecule has 1 aliphatic rings. The second-order valence-corrected chi connectivity index (χ2v) is 7.56. The van der Waals surface area contributed by atoms with E-state index in [0.29, 0.717) is 17.8 Å². The van der Waals surface area contributed by atoms with Crippen LogP contribution < -0.4 is 15.5 Å². The zero-order valence-electron chi connectivity index (χ0n) is 16.7. The molecular formula is C23H29N3O2. The Balaban J connectivity index is 1.74. The summed E-state index contributed by atoms with van der Waals surface area (Å²) in [6.45, 7) is 6.20. The summed E-state index contributed by atoms with van der Waals surface area (Å²) < 4.78 is 0. The van der Waals surface area contributed by atoms with Gasteiger partial charge in [-0.25, -0.2) is 0 Å². The Morgan fingerprint density at radius 1 is 1.04 bits per heavy atom. The van der Waals surface area contributed by atoms with Gasteiger partial charge in [0.1, 0.15) is 0 Å². The summed E-state index contributed by atoms with van der Waals surface area (Å²) >= 11 is 0. The van der Waals surface area contributed by atoms with Crippen molar-refractivity contribution in [3.05, 3.63) is 59.7 Å². The van der Waals surface area contributed by atoms with Crippen molar-refractivity contribution < 1.29 is 9.59 Å². The fourth-order valence-corrected chi connectivity index (χ4v) is 3.38. The van der Waals surface area contributed by atoms with Crippen LogP contribution in [0.25, 0.3) is 0 Å². The maximum absolute atomic E-state index is 12.9. The molecule has 0 saturated carbocycles. The highest BCUT2D eigenvalue weighted by Crippen LogP contribution is 2.27.